The van der Waals surface area contributed by atoms with E-state index in [9.17, 15) is 9.59 Å². The van der Waals surface area contributed by atoms with Gasteiger partial charge in [-0.3, -0.25) is 9.59 Å². The Morgan fingerprint density at radius 2 is 2.05 bits per heavy atom. The molecule has 0 unspecified atom stereocenters. The molecular weight excluding hydrogens is 318 g/mol. The Kier molecular flexibility index (Phi) is 4.63. The van der Waals surface area contributed by atoms with Crippen LogP contribution in [0.15, 0.2) is 16.6 Å². The van der Waals surface area contributed by atoms with E-state index < -0.39 is 0 Å². The summed E-state index contributed by atoms with van der Waals surface area (Å²) in [5.74, 6) is 0.494. The first-order valence-corrected chi connectivity index (χ1v) is 7.83. The van der Waals surface area contributed by atoms with Crippen molar-refractivity contribution in [2.45, 2.75) is 40.0 Å². The lowest BCUT2D eigenvalue weighted by molar-refractivity contribution is -0.116. The predicted molar refractivity (Wildman–Crippen MR) is 84.3 cm³/mol. The van der Waals surface area contributed by atoms with E-state index in [1.165, 1.54) is 0 Å². The predicted octanol–water partition coefficient (Wildman–Crippen LogP) is 3.98. The van der Waals surface area contributed by atoms with Gasteiger partial charge in [0.25, 0.3) is 0 Å². The molecule has 0 spiro atoms. The summed E-state index contributed by atoms with van der Waals surface area (Å²) in [5.41, 5.74) is 2.73. The van der Waals surface area contributed by atoms with Gasteiger partial charge in [-0.2, -0.15) is 0 Å². The zero-order valence-corrected chi connectivity index (χ0v) is 13.8. The first-order valence-electron chi connectivity index (χ1n) is 7.04. The molecule has 1 aliphatic heterocycles. The second kappa shape index (κ2) is 6.08. The Bertz CT molecular complexity index is 552. The first kappa shape index (κ1) is 15.2. The van der Waals surface area contributed by atoms with Crippen LogP contribution in [-0.2, 0) is 11.2 Å². The fourth-order valence-corrected chi connectivity index (χ4v) is 3.24. The van der Waals surface area contributed by atoms with E-state index in [0.29, 0.717) is 17.9 Å². The Morgan fingerprint density at radius 1 is 1.35 bits per heavy atom. The summed E-state index contributed by atoms with van der Waals surface area (Å²) < 4.78 is 0.840. The lowest BCUT2D eigenvalue weighted by Crippen LogP contribution is -2.33. The van der Waals surface area contributed by atoms with Crippen molar-refractivity contribution in [1.82, 2.24) is 0 Å². The third kappa shape index (κ3) is 3.11. The maximum Gasteiger partial charge on any atom is 0.223 e. The third-order valence-electron chi connectivity index (χ3n) is 3.56. The lowest BCUT2D eigenvalue weighted by atomic mass is 9.95. The quantitative estimate of drug-likeness (QED) is 0.782. The number of hydrogen-bond donors (Lipinski definition) is 0. The van der Waals surface area contributed by atoms with Gasteiger partial charge >= 0.3 is 0 Å². The number of carbonyl (C=O) groups is 2. The van der Waals surface area contributed by atoms with E-state index in [1.807, 2.05) is 26.0 Å². The molecule has 0 aliphatic carbocycles. The number of anilines is 1. The first-order chi connectivity index (χ1) is 9.40. The van der Waals surface area contributed by atoms with Crippen molar-refractivity contribution in [3.8, 4) is 0 Å². The van der Waals surface area contributed by atoms with Gasteiger partial charge in [0.05, 0.1) is 0 Å². The number of ketones is 1. The average molecular weight is 338 g/mol. The van der Waals surface area contributed by atoms with Crippen LogP contribution < -0.4 is 4.90 Å². The molecule has 0 saturated heterocycles. The molecule has 0 atom stereocenters. The number of Topliss-reactive ketones (excluding diaryl/α,β-unsaturated/α-hetero) is 1. The van der Waals surface area contributed by atoms with Crippen LogP contribution in [0.2, 0.25) is 0 Å². The minimum atomic E-state index is 0.0375. The van der Waals surface area contributed by atoms with Gasteiger partial charge in [-0.1, -0.05) is 29.8 Å². The fraction of sp³-hybridized carbons (Fsp3) is 0.500. The SMILES string of the molecule is CC(=O)N1CCCc2cc(Br)c(C(=O)CC(C)C)cc21. The highest BCUT2D eigenvalue weighted by Gasteiger charge is 2.23. The second-order valence-electron chi connectivity index (χ2n) is 5.76. The molecule has 20 heavy (non-hydrogen) atoms. The number of fused-ring (bicyclic) bond motifs is 1. The summed E-state index contributed by atoms with van der Waals surface area (Å²) in [6, 6.07) is 3.88. The number of aryl methyl sites for hydroxylation is 1. The summed E-state index contributed by atoms with van der Waals surface area (Å²) in [7, 11) is 0. The van der Waals surface area contributed by atoms with Gasteiger partial charge < -0.3 is 4.90 Å². The minimum Gasteiger partial charge on any atom is -0.312 e. The van der Waals surface area contributed by atoms with Crippen LogP contribution in [0.1, 0.15) is 49.5 Å². The number of halogens is 1. The highest BCUT2D eigenvalue weighted by atomic mass is 79.9. The van der Waals surface area contributed by atoms with E-state index >= 15 is 0 Å². The van der Waals surface area contributed by atoms with Gasteiger partial charge in [-0.25, -0.2) is 0 Å². The Hall–Kier alpha value is -1.16. The second-order valence-corrected chi connectivity index (χ2v) is 6.61. The van der Waals surface area contributed by atoms with E-state index in [-0.39, 0.29) is 11.7 Å². The monoisotopic (exact) mass is 337 g/mol. The highest BCUT2D eigenvalue weighted by molar-refractivity contribution is 9.10. The molecule has 1 aromatic rings. The molecule has 1 heterocycles. The van der Waals surface area contributed by atoms with E-state index in [1.54, 1.807) is 11.8 Å². The molecule has 2 rings (SSSR count). The topological polar surface area (TPSA) is 37.4 Å². The smallest absolute Gasteiger partial charge is 0.223 e. The van der Waals surface area contributed by atoms with Gasteiger partial charge in [0.1, 0.15) is 0 Å². The molecule has 0 fully saturated rings. The number of amides is 1. The Labute approximate surface area is 128 Å². The van der Waals surface area contributed by atoms with Crippen LogP contribution in [0.5, 0.6) is 0 Å². The van der Waals surface area contributed by atoms with Crippen LogP contribution in [0, 0.1) is 5.92 Å². The molecule has 1 amide bonds. The number of carbonyl (C=O) groups excluding carboxylic acids is 2. The van der Waals surface area contributed by atoms with Crippen molar-refractivity contribution in [3.05, 3.63) is 27.7 Å². The van der Waals surface area contributed by atoms with E-state index in [4.69, 9.17) is 0 Å². The Balaban J connectivity index is 2.43. The normalized spacial score (nSPS) is 14.3. The van der Waals surface area contributed by atoms with Gasteiger partial charge in [0.15, 0.2) is 5.78 Å². The van der Waals surface area contributed by atoms with Crippen LogP contribution in [0.25, 0.3) is 0 Å². The van der Waals surface area contributed by atoms with E-state index in [0.717, 1.165) is 35.1 Å². The minimum absolute atomic E-state index is 0.0375. The van der Waals surface area contributed by atoms with Crippen LogP contribution >= 0.6 is 15.9 Å². The molecular formula is C16H20BrNO2. The summed E-state index contributed by atoms with van der Waals surface area (Å²) in [6.07, 6.45) is 2.45. The zero-order valence-electron chi connectivity index (χ0n) is 12.2. The summed E-state index contributed by atoms with van der Waals surface area (Å²) >= 11 is 3.50. The molecule has 1 aromatic carbocycles. The number of rotatable bonds is 3. The molecule has 0 aromatic heterocycles. The third-order valence-corrected chi connectivity index (χ3v) is 4.22. The molecule has 0 saturated carbocycles. The number of hydrogen-bond acceptors (Lipinski definition) is 2. The fourth-order valence-electron chi connectivity index (χ4n) is 2.62. The molecule has 4 heteroatoms. The van der Waals surface area contributed by atoms with Crippen molar-refractivity contribution >= 4 is 33.3 Å². The standard InChI is InChI=1S/C16H20BrNO2/c1-10(2)7-16(20)13-9-15-12(8-14(13)17)5-4-6-18(15)11(3)19/h8-10H,4-7H2,1-3H3. The van der Waals surface area contributed by atoms with Gasteiger partial charge in [-0.05, 0) is 36.5 Å². The van der Waals surface area contributed by atoms with Gasteiger partial charge in [0.2, 0.25) is 5.91 Å². The highest BCUT2D eigenvalue weighted by Crippen LogP contribution is 2.33. The largest absolute Gasteiger partial charge is 0.312 e. The molecule has 3 nitrogen and oxygen atoms in total. The molecule has 0 N–H and O–H groups in total. The summed E-state index contributed by atoms with van der Waals surface area (Å²) in [4.78, 5) is 25.8. The van der Waals surface area contributed by atoms with Crippen molar-refractivity contribution in [1.29, 1.82) is 0 Å². The summed E-state index contributed by atoms with van der Waals surface area (Å²) in [5, 5.41) is 0. The molecule has 108 valence electrons. The van der Waals surface area contributed by atoms with Crippen LogP contribution in [0.3, 0.4) is 0 Å². The van der Waals surface area contributed by atoms with Gasteiger partial charge in [-0.15, -0.1) is 0 Å². The van der Waals surface area contributed by atoms with E-state index in [2.05, 4.69) is 15.9 Å². The average Bonchev–Trinajstić information content (AvgIpc) is 2.35. The summed E-state index contributed by atoms with van der Waals surface area (Å²) in [6.45, 7) is 6.38. The number of benzene rings is 1. The van der Waals surface area contributed by atoms with Gasteiger partial charge in [0, 0.05) is 35.6 Å². The zero-order chi connectivity index (χ0) is 14.9. The maximum atomic E-state index is 12.3. The van der Waals surface area contributed by atoms with Crippen LogP contribution in [-0.4, -0.2) is 18.2 Å². The molecule has 0 radical (unpaired) electrons. The van der Waals surface area contributed by atoms with Crippen molar-refractivity contribution in [2.75, 3.05) is 11.4 Å². The van der Waals surface area contributed by atoms with Crippen molar-refractivity contribution in [2.24, 2.45) is 5.92 Å². The Morgan fingerprint density at radius 3 is 2.65 bits per heavy atom. The lowest BCUT2D eigenvalue weighted by Gasteiger charge is -2.29. The van der Waals surface area contributed by atoms with Crippen molar-refractivity contribution < 1.29 is 9.59 Å². The number of nitrogens with zero attached hydrogens (tertiary/aromatic N) is 1. The molecule has 1 aliphatic rings. The maximum absolute atomic E-state index is 12.3. The molecule has 0 bridgehead atoms. The van der Waals surface area contributed by atoms with Crippen molar-refractivity contribution in [3.63, 3.8) is 0 Å². The van der Waals surface area contributed by atoms with Crippen LogP contribution in [0.4, 0.5) is 5.69 Å².